The SMILES string of the molecule is Cc1nc(SCC(=O)N(C)C2CCCc3ccccc32)c2ccccc2n1. The van der Waals surface area contributed by atoms with Gasteiger partial charge < -0.3 is 4.90 Å². The minimum Gasteiger partial charge on any atom is -0.338 e. The van der Waals surface area contributed by atoms with Gasteiger partial charge in [0.2, 0.25) is 5.91 Å². The van der Waals surface area contributed by atoms with E-state index in [9.17, 15) is 4.79 Å². The molecule has 27 heavy (non-hydrogen) atoms. The fourth-order valence-electron chi connectivity index (χ4n) is 3.80. The number of hydrogen-bond donors (Lipinski definition) is 0. The van der Waals surface area contributed by atoms with E-state index in [1.54, 1.807) is 0 Å². The van der Waals surface area contributed by atoms with E-state index in [1.807, 2.05) is 43.1 Å². The van der Waals surface area contributed by atoms with Crippen LogP contribution in [-0.4, -0.2) is 33.6 Å². The lowest BCUT2D eigenvalue weighted by Crippen LogP contribution is -2.34. The van der Waals surface area contributed by atoms with Crippen LogP contribution in [0.1, 0.15) is 35.8 Å². The van der Waals surface area contributed by atoms with Crippen LogP contribution in [0.15, 0.2) is 53.6 Å². The Morgan fingerprint density at radius 3 is 2.81 bits per heavy atom. The van der Waals surface area contributed by atoms with Crippen molar-refractivity contribution in [3.8, 4) is 0 Å². The third kappa shape index (κ3) is 3.69. The summed E-state index contributed by atoms with van der Waals surface area (Å²) in [5, 5.41) is 1.88. The highest BCUT2D eigenvalue weighted by Crippen LogP contribution is 2.34. The summed E-state index contributed by atoms with van der Waals surface area (Å²) in [4.78, 5) is 23.9. The van der Waals surface area contributed by atoms with Crippen molar-refractivity contribution in [2.75, 3.05) is 12.8 Å². The molecule has 0 radical (unpaired) electrons. The lowest BCUT2D eigenvalue weighted by Gasteiger charge is -2.33. The summed E-state index contributed by atoms with van der Waals surface area (Å²) in [7, 11) is 1.93. The molecule has 2 aromatic carbocycles. The molecular weight excluding hydrogens is 354 g/mol. The highest BCUT2D eigenvalue weighted by atomic mass is 32.2. The van der Waals surface area contributed by atoms with E-state index in [-0.39, 0.29) is 11.9 Å². The molecule has 1 aliphatic rings. The molecule has 4 rings (SSSR count). The van der Waals surface area contributed by atoms with E-state index in [2.05, 4.69) is 34.2 Å². The Hall–Kier alpha value is -2.40. The van der Waals surface area contributed by atoms with E-state index < -0.39 is 0 Å². The quantitative estimate of drug-likeness (QED) is 0.494. The Kier molecular flexibility index (Phi) is 5.12. The van der Waals surface area contributed by atoms with Gasteiger partial charge in [0.15, 0.2) is 0 Å². The maximum Gasteiger partial charge on any atom is 0.233 e. The number of amides is 1. The average Bonchev–Trinajstić information content (AvgIpc) is 2.70. The zero-order valence-electron chi connectivity index (χ0n) is 15.7. The predicted octanol–water partition coefficient (Wildman–Crippen LogP) is 4.57. The van der Waals surface area contributed by atoms with Gasteiger partial charge in [-0.05, 0) is 43.4 Å². The maximum atomic E-state index is 12.9. The Morgan fingerprint density at radius 1 is 1.15 bits per heavy atom. The molecule has 5 heteroatoms. The van der Waals surface area contributed by atoms with Crippen molar-refractivity contribution in [1.29, 1.82) is 0 Å². The zero-order valence-corrected chi connectivity index (χ0v) is 16.5. The van der Waals surface area contributed by atoms with Crippen LogP contribution in [0.2, 0.25) is 0 Å². The van der Waals surface area contributed by atoms with E-state index >= 15 is 0 Å². The first kappa shape index (κ1) is 18.0. The second-order valence-corrected chi connectivity index (χ2v) is 7.96. The second kappa shape index (κ2) is 7.69. The molecule has 0 fully saturated rings. The normalized spacial score (nSPS) is 16.1. The van der Waals surface area contributed by atoms with E-state index in [0.717, 1.165) is 41.0 Å². The van der Waals surface area contributed by atoms with E-state index in [4.69, 9.17) is 0 Å². The Bertz CT molecular complexity index is 988. The molecule has 0 N–H and O–H groups in total. The molecule has 0 aliphatic heterocycles. The van der Waals surface area contributed by atoms with Gasteiger partial charge in [-0.2, -0.15) is 0 Å². The number of hydrogen-bond acceptors (Lipinski definition) is 4. The minimum absolute atomic E-state index is 0.141. The number of fused-ring (bicyclic) bond motifs is 2. The number of carbonyl (C=O) groups is 1. The molecule has 1 atom stereocenters. The molecule has 1 amide bonds. The Morgan fingerprint density at radius 2 is 1.93 bits per heavy atom. The van der Waals surface area contributed by atoms with Crippen LogP contribution in [0.5, 0.6) is 0 Å². The second-order valence-electron chi connectivity index (χ2n) is 6.99. The van der Waals surface area contributed by atoms with Gasteiger partial charge in [-0.1, -0.05) is 54.2 Å². The van der Waals surface area contributed by atoms with Crippen LogP contribution < -0.4 is 0 Å². The maximum absolute atomic E-state index is 12.9. The number of benzene rings is 2. The van der Waals surface area contributed by atoms with Crippen molar-refractivity contribution in [3.63, 3.8) is 0 Å². The first-order valence-electron chi connectivity index (χ1n) is 9.33. The van der Waals surface area contributed by atoms with Crippen LogP contribution in [0, 0.1) is 6.92 Å². The number of aryl methyl sites for hydroxylation is 2. The van der Waals surface area contributed by atoms with Crippen LogP contribution in [-0.2, 0) is 11.2 Å². The van der Waals surface area contributed by atoms with Gasteiger partial charge in [-0.15, -0.1) is 0 Å². The fourth-order valence-corrected chi connectivity index (χ4v) is 4.79. The summed E-state index contributed by atoms with van der Waals surface area (Å²) in [5.41, 5.74) is 3.60. The molecule has 3 aromatic rings. The molecule has 1 aromatic heterocycles. The number of rotatable bonds is 4. The first-order valence-corrected chi connectivity index (χ1v) is 10.3. The first-order chi connectivity index (χ1) is 13.1. The molecule has 0 saturated carbocycles. The Labute approximate surface area is 164 Å². The highest BCUT2D eigenvalue weighted by molar-refractivity contribution is 8.00. The van der Waals surface area contributed by atoms with Gasteiger partial charge in [-0.3, -0.25) is 4.79 Å². The molecule has 138 valence electrons. The summed E-state index contributed by atoms with van der Waals surface area (Å²) in [6, 6.07) is 16.6. The predicted molar refractivity (Wildman–Crippen MR) is 110 cm³/mol. The summed E-state index contributed by atoms with van der Waals surface area (Å²) < 4.78 is 0. The van der Waals surface area contributed by atoms with Crippen molar-refractivity contribution in [2.45, 2.75) is 37.3 Å². The highest BCUT2D eigenvalue weighted by Gasteiger charge is 2.26. The van der Waals surface area contributed by atoms with Crippen molar-refractivity contribution in [1.82, 2.24) is 14.9 Å². The molecule has 1 aliphatic carbocycles. The average molecular weight is 378 g/mol. The lowest BCUT2D eigenvalue weighted by molar-refractivity contribution is -0.129. The summed E-state index contributed by atoms with van der Waals surface area (Å²) >= 11 is 1.50. The molecular formula is C22H23N3OS. The molecule has 4 nitrogen and oxygen atoms in total. The zero-order chi connectivity index (χ0) is 18.8. The van der Waals surface area contributed by atoms with Crippen LogP contribution in [0.25, 0.3) is 10.9 Å². The van der Waals surface area contributed by atoms with Gasteiger partial charge >= 0.3 is 0 Å². The lowest BCUT2D eigenvalue weighted by atomic mass is 9.87. The molecule has 0 saturated heterocycles. The largest absolute Gasteiger partial charge is 0.338 e. The third-order valence-corrected chi connectivity index (χ3v) is 6.19. The number of aromatic nitrogens is 2. The minimum atomic E-state index is 0.141. The number of thioether (sulfide) groups is 1. The smallest absolute Gasteiger partial charge is 0.233 e. The van der Waals surface area contributed by atoms with Crippen LogP contribution >= 0.6 is 11.8 Å². The number of carbonyl (C=O) groups excluding carboxylic acids is 1. The molecule has 0 spiro atoms. The van der Waals surface area contributed by atoms with Crippen molar-refractivity contribution in [2.24, 2.45) is 0 Å². The van der Waals surface area contributed by atoms with Crippen molar-refractivity contribution in [3.05, 3.63) is 65.5 Å². The molecule has 1 unspecified atom stereocenters. The van der Waals surface area contributed by atoms with Gasteiger partial charge in [-0.25, -0.2) is 9.97 Å². The van der Waals surface area contributed by atoms with Crippen LogP contribution in [0.4, 0.5) is 0 Å². The third-order valence-electron chi connectivity index (χ3n) is 5.21. The summed E-state index contributed by atoms with van der Waals surface area (Å²) in [5.74, 6) is 1.26. The molecule has 0 bridgehead atoms. The van der Waals surface area contributed by atoms with Crippen LogP contribution in [0.3, 0.4) is 0 Å². The van der Waals surface area contributed by atoms with E-state index in [1.165, 1.54) is 22.9 Å². The topological polar surface area (TPSA) is 46.1 Å². The standard InChI is InChI=1S/C22H23N3OS/c1-15-23-19-12-6-5-11-18(19)22(24-15)27-14-21(26)25(2)20-13-7-9-16-8-3-4-10-17(16)20/h3-6,8,10-12,20H,7,9,13-14H2,1-2H3. The van der Waals surface area contributed by atoms with Crippen molar-refractivity contribution >= 4 is 28.6 Å². The van der Waals surface area contributed by atoms with Gasteiger partial charge in [0.1, 0.15) is 10.9 Å². The monoisotopic (exact) mass is 377 g/mol. The fraction of sp³-hybridized carbons (Fsp3) is 0.318. The van der Waals surface area contributed by atoms with E-state index in [0.29, 0.717) is 5.75 Å². The summed E-state index contributed by atoms with van der Waals surface area (Å²) in [6.45, 7) is 1.89. The Balaban J connectivity index is 1.51. The van der Waals surface area contributed by atoms with Gasteiger partial charge in [0, 0.05) is 12.4 Å². The van der Waals surface area contributed by atoms with Gasteiger partial charge in [0.25, 0.3) is 0 Å². The molecule has 1 heterocycles. The summed E-state index contributed by atoms with van der Waals surface area (Å²) in [6.07, 6.45) is 3.26. The van der Waals surface area contributed by atoms with Crippen molar-refractivity contribution < 1.29 is 4.79 Å². The number of nitrogens with zero attached hydrogens (tertiary/aromatic N) is 3. The van der Waals surface area contributed by atoms with Gasteiger partial charge in [0.05, 0.1) is 17.3 Å². The number of para-hydroxylation sites is 1.